The standard InChI is InChI=1S/C10H15BrN2O.ClH/c1-2-14-10-4-3-7(11)5-8(10)9(13)6-12;/h3-5,9H,2,6,12-13H2,1H3;1H/t9-;/m1./s1. The lowest BCUT2D eigenvalue weighted by molar-refractivity contribution is 0.334. The zero-order chi connectivity index (χ0) is 10.6. The molecule has 1 atom stereocenters. The second kappa shape index (κ2) is 7.06. The van der Waals surface area contributed by atoms with E-state index in [1.54, 1.807) is 0 Å². The van der Waals surface area contributed by atoms with E-state index in [0.717, 1.165) is 15.8 Å². The molecule has 0 bridgehead atoms. The summed E-state index contributed by atoms with van der Waals surface area (Å²) in [7, 11) is 0. The van der Waals surface area contributed by atoms with Gasteiger partial charge < -0.3 is 16.2 Å². The summed E-state index contributed by atoms with van der Waals surface area (Å²) >= 11 is 3.39. The van der Waals surface area contributed by atoms with Crippen LogP contribution in [0, 0.1) is 0 Å². The van der Waals surface area contributed by atoms with E-state index in [9.17, 15) is 0 Å². The fourth-order valence-electron chi connectivity index (χ4n) is 1.22. The predicted octanol–water partition coefficient (Wildman–Crippen LogP) is 2.23. The predicted molar refractivity (Wildman–Crippen MR) is 68.5 cm³/mol. The maximum atomic E-state index is 5.87. The van der Waals surface area contributed by atoms with Crippen LogP contribution in [0.4, 0.5) is 0 Å². The van der Waals surface area contributed by atoms with Gasteiger partial charge in [-0.15, -0.1) is 12.4 Å². The quantitative estimate of drug-likeness (QED) is 0.895. The van der Waals surface area contributed by atoms with Crippen molar-refractivity contribution in [2.75, 3.05) is 13.2 Å². The van der Waals surface area contributed by atoms with Gasteiger partial charge in [0, 0.05) is 22.6 Å². The van der Waals surface area contributed by atoms with Crippen LogP contribution in [-0.2, 0) is 0 Å². The molecule has 5 heteroatoms. The van der Waals surface area contributed by atoms with E-state index in [2.05, 4.69) is 15.9 Å². The highest BCUT2D eigenvalue weighted by Gasteiger charge is 2.10. The summed E-state index contributed by atoms with van der Waals surface area (Å²) in [6, 6.07) is 5.60. The van der Waals surface area contributed by atoms with Crippen molar-refractivity contribution in [2.45, 2.75) is 13.0 Å². The first-order chi connectivity index (χ1) is 6.69. The van der Waals surface area contributed by atoms with Crippen molar-refractivity contribution in [3.05, 3.63) is 28.2 Å². The highest BCUT2D eigenvalue weighted by Crippen LogP contribution is 2.27. The Labute approximate surface area is 105 Å². The van der Waals surface area contributed by atoms with Crippen LogP contribution in [0.2, 0.25) is 0 Å². The number of hydrogen-bond acceptors (Lipinski definition) is 3. The topological polar surface area (TPSA) is 61.3 Å². The lowest BCUT2D eigenvalue weighted by Crippen LogP contribution is -2.21. The summed E-state index contributed by atoms with van der Waals surface area (Å²) in [5.41, 5.74) is 12.3. The molecule has 0 fully saturated rings. The van der Waals surface area contributed by atoms with Crippen molar-refractivity contribution in [3.63, 3.8) is 0 Å². The molecule has 0 unspecified atom stereocenters. The summed E-state index contributed by atoms with van der Waals surface area (Å²) in [6.45, 7) is 2.99. The molecule has 0 saturated carbocycles. The molecule has 1 aromatic rings. The molecule has 0 aliphatic rings. The summed E-state index contributed by atoms with van der Waals surface area (Å²) in [5, 5.41) is 0. The summed E-state index contributed by atoms with van der Waals surface area (Å²) in [4.78, 5) is 0. The van der Waals surface area contributed by atoms with Crippen molar-refractivity contribution in [1.29, 1.82) is 0 Å². The molecule has 3 nitrogen and oxygen atoms in total. The Kier molecular flexibility index (Phi) is 6.92. The smallest absolute Gasteiger partial charge is 0.124 e. The third-order valence-electron chi connectivity index (χ3n) is 1.93. The Balaban J connectivity index is 0.00000196. The molecule has 0 aromatic heterocycles. The van der Waals surface area contributed by atoms with E-state index >= 15 is 0 Å². The van der Waals surface area contributed by atoms with Gasteiger partial charge in [0.25, 0.3) is 0 Å². The summed E-state index contributed by atoms with van der Waals surface area (Å²) in [5.74, 6) is 0.814. The molecule has 0 saturated heterocycles. The summed E-state index contributed by atoms with van der Waals surface area (Å²) < 4.78 is 6.44. The molecule has 1 rings (SSSR count). The molecular weight excluding hydrogens is 279 g/mol. The Hall–Kier alpha value is -0.290. The van der Waals surface area contributed by atoms with E-state index < -0.39 is 0 Å². The Morgan fingerprint density at radius 1 is 1.47 bits per heavy atom. The van der Waals surface area contributed by atoms with Gasteiger partial charge >= 0.3 is 0 Å². The second-order valence-corrected chi connectivity index (χ2v) is 3.87. The summed E-state index contributed by atoms with van der Waals surface area (Å²) in [6.07, 6.45) is 0. The number of ether oxygens (including phenoxy) is 1. The molecular formula is C10H16BrClN2O. The van der Waals surface area contributed by atoms with Crippen LogP contribution in [0.3, 0.4) is 0 Å². The molecule has 86 valence electrons. The van der Waals surface area contributed by atoms with Gasteiger partial charge in [0.15, 0.2) is 0 Å². The van der Waals surface area contributed by atoms with E-state index in [0.29, 0.717) is 13.2 Å². The van der Waals surface area contributed by atoms with Gasteiger partial charge in [0.05, 0.1) is 6.61 Å². The van der Waals surface area contributed by atoms with Crippen molar-refractivity contribution in [2.24, 2.45) is 11.5 Å². The van der Waals surface area contributed by atoms with Crippen LogP contribution >= 0.6 is 28.3 Å². The average Bonchev–Trinajstić information content (AvgIpc) is 2.20. The second-order valence-electron chi connectivity index (χ2n) is 2.96. The largest absolute Gasteiger partial charge is 0.494 e. The average molecular weight is 296 g/mol. The van der Waals surface area contributed by atoms with Gasteiger partial charge in [0.1, 0.15) is 5.75 Å². The zero-order valence-corrected chi connectivity index (χ0v) is 11.0. The first-order valence-corrected chi connectivity index (χ1v) is 5.36. The minimum Gasteiger partial charge on any atom is -0.494 e. The van der Waals surface area contributed by atoms with Crippen molar-refractivity contribution in [3.8, 4) is 5.75 Å². The normalized spacial score (nSPS) is 11.7. The Bertz CT molecular complexity index is 309. The van der Waals surface area contributed by atoms with Crippen LogP contribution in [0.15, 0.2) is 22.7 Å². The lowest BCUT2D eigenvalue weighted by atomic mass is 10.1. The fraction of sp³-hybridized carbons (Fsp3) is 0.400. The molecule has 0 aliphatic carbocycles. The van der Waals surface area contributed by atoms with Gasteiger partial charge in [-0.25, -0.2) is 0 Å². The number of halogens is 2. The number of nitrogens with two attached hydrogens (primary N) is 2. The third-order valence-corrected chi connectivity index (χ3v) is 2.42. The highest BCUT2D eigenvalue weighted by molar-refractivity contribution is 9.10. The van der Waals surface area contributed by atoms with Gasteiger partial charge in [-0.2, -0.15) is 0 Å². The molecule has 0 spiro atoms. The van der Waals surface area contributed by atoms with E-state index in [1.165, 1.54) is 0 Å². The lowest BCUT2D eigenvalue weighted by Gasteiger charge is -2.15. The highest BCUT2D eigenvalue weighted by atomic mass is 79.9. The molecule has 0 aliphatic heterocycles. The van der Waals surface area contributed by atoms with Crippen LogP contribution < -0.4 is 16.2 Å². The molecule has 4 N–H and O–H groups in total. The zero-order valence-electron chi connectivity index (χ0n) is 8.57. The third kappa shape index (κ3) is 3.99. The first-order valence-electron chi connectivity index (χ1n) is 4.57. The number of hydrogen-bond donors (Lipinski definition) is 2. The molecule has 0 amide bonds. The van der Waals surface area contributed by atoms with Crippen molar-refractivity contribution >= 4 is 28.3 Å². The fourth-order valence-corrected chi connectivity index (χ4v) is 1.60. The van der Waals surface area contributed by atoms with E-state index in [4.69, 9.17) is 16.2 Å². The monoisotopic (exact) mass is 294 g/mol. The van der Waals surface area contributed by atoms with Crippen LogP contribution in [-0.4, -0.2) is 13.2 Å². The van der Waals surface area contributed by atoms with E-state index in [1.807, 2.05) is 25.1 Å². The van der Waals surface area contributed by atoms with E-state index in [-0.39, 0.29) is 18.4 Å². The van der Waals surface area contributed by atoms with Crippen molar-refractivity contribution in [1.82, 2.24) is 0 Å². The van der Waals surface area contributed by atoms with Gasteiger partial charge in [0.2, 0.25) is 0 Å². The van der Waals surface area contributed by atoms with Gasteiger partial charge in [-0.05, 0) is 25.1 Å². The Morgan fingerprint density at radius 3 is 2.67 bits per heavy atom. The first kappa shape index (κ1) is 14.7. The van der Waals surface area contributed by atoms with Crippen molar-refractivity contribution < 1.29 is 4.74 Å². The minimum absolute atomic E-state index is 0. The SMILES string of the molecule is CCOc1ccc(Br)cc1[C@H](N)CN.Cl. The van der Waals surface area contributed by atoms with Crippen LogP contribution in [0.5, 0.6) is 5.75 Å². The maximum absolute atomic E-state index is 5.87. The Morgan fingerprint density at radius 2 is 2.13 bits per heavy atom. The van der Waals surface area contributed by atoms with Gasteiger partial charge in [-0.3, -0.25) is 0 Å². The van der Waals surface area contributed by atoms with Crippen LogP contribution in [0.25, 0.3) is 0 Å². The number of rotatable bonds is 4. The molecule has 1 aromatic carbocycles. The molecule has 15 heavy (non-hydrogen) atoms. The van der Waals surface area contributed by atoms with Crippen LogP contribution in [0.1, 0.15) is 18.5 Å². The number of benzene rings is 1. The molecule has 0 heterocycles. The van der Waals surface area contributed by atoms with Gasteiger partial charge in [-0.1, -0.05) is 15.9 Å². The maximum Gasteiger partial charge on any atom is 0.124 e. The molecule has 0 radical (unpaired) electrons. The minimum atomic E-state index is -0.172.